The highest BCUT2D eigenvalue weighted by atomic mass is 79.9. The van der Waals surface area contributed by atoms with E-state index in [2.05, 4.69) is 47.0 Å². The first-order valence-corrected chi connectivity index (χ1v) is 8.57. The van der Waals surface area contributed by atoms with Crippen molar-refractivity contribution in [3.8, 4) is 0 Å². The number of nitrogens with zero attached hydrogens (tertiary/aromatic N) is 1. The molecule has 0 saturated heterocycles. The average Bonchev–Trinajstić information content (AvgIpc) is 2.85. The zero-order chi connectivity index (χ0) is 17.0. The second kappa shape index (κ2) is 7.30. The van der Waals surface area contributed by atoms with Crippen molar-refractivity contribution in [2.24, 2.45) is 0 Å². The van der Waals surface area contributed by atoms with Crippen molar-refractivity contribution in [2.75, 3.05) is 6.54 Å². The minimum Gasteiger partial charge on any atom is -0.445 e. The van der Waals surface area contributed by atoms with Gasteiger partial charge in [-0.1, -0.05) is 42.8 Å². The van der Waals surface area contributed by atoms with Crippen LogP contribution in [0.2, 0.25) is 0 Å². The van der Waals surface area contributed by atoms with Crippen molar-refractivity contribution in [1.82, 2.24) is 10.3 Å². The Labute approximate surface area is 145 Å². The molecule has 1 amide bonds. The molecule has 0 spiro atoms. The molecule has 2 rings (SSSR count). The molecule has 0 unspecified atom stereocenters. The number of amides is 1. The first-order chi connectivity index (χ1) is 10.8. The van der Waals surface area contributed by atoms with E-state index in [1.807, 2.05) is 25.1 Å². The van der Waals surface area contributed by atoms with Gasteiger partial charge < -0.3 is 9.73 Å². The summed E-state index contributed by atoms with van der Waals surface area (Å²) in [4.78, 5) is 16.5. The molecule has 5 heteroatoms. The molecule has 0 aliphatic carbocycles. The van der Waals surface area contributed by atoms with Crippen LogP contribution in [0.3, 0.4) is 0 Å². The lowest BCUT2D eigenvalue weighted by Gasteiger charge is -2.12. The molecule has 0 aliphatic rings. The van der Waals surface area contributed by atoms with Crippen LogP contribution in [0.4, 0.5) is 0 Å². The topological polar surface area (TPSA) is 55.1 Å². The monoisotopic (exact) mass is 378 g/mol. The van der Waals surface area contributed by atoms with E-state index in [1.165, 1.54) is 0 Å². The normalized spacial score (nSPS) is 11.5. The van der Waals surface area contributed by atoms with E-state index in [0.29, 0.717) is 12.1 Å². The van der Waals surface area contributed by atoms with Gasteiger partial charge in [0.05, 0.1) is 5.69 Å². The summed E-state index contributed by atoms with van der Waals surface area (Å²) in [6.07, 6.45) is 1.59. The van der Waals surface area contributed by atoms with Crippen LogP contribution in [0.5, 0.6) is 0 Å². The van der Waals surface area contributed by atoms with Crippen LogP contribution >= 0.6 is 15.9 Å². The van der Waals surface area contributed by atoms with Gasteiger partial charge in [-0.3, -0.25) is 4.79 Å². The summed E-state index contributed by atoms with van der Waals surface area (Å²) in [6, 6.07) is 7.36. The third-order valence-electron chi connectivity index (χ3n) is 3.49. The lowest BCUT2D eigenvalue weighted by atomic mass is 9.97. The Kier molecular flexibility index (Phi) is 5.63. The molecule has 0 radical (unpaired) electrons. The third kappa shape index (κ3) is 4.93. The highest BCUT2D eigenvalue weighted by Crippen LogP contribution is 2.24. The number of aryl methyl sites for hydroxylation is 2. The maximum Gasteiger partial charge on any atom is 0.251 e. The quantitative estimate of drug-likeness (QED) is 0.784. The molecule has 4 nitrogen and oxygen atoms in total. The number of oxazole rings is 1. The second-order valence-electron chi connectivity index (χ2n) is 6.65. The Bertz CT molecular complexity index is 687. The molecule has 124 valence electrons. The van der Waals surface area contributed by atoms with Crippen molar-refractivity contribution in [2.45, 2.75) is 46.0 Å². The van der Waals surface area contributed by atoms with Gasteiger partial charge in [0.25, 0.3) is 5.91 Å². The summed E-state index contributed by atoms with van der Waals surface area (Å²) in [6.45, 7) is 8.82. The second-order valence-corrected chi connectivity index (χ2v) is 7.56. The molecule has 1 heterocycles. The van der Waals surface area contributed by atoms with E-state index in [-0.39, 0.29) is 11.3 Å². The van der Waals surface area contributed by atoms with E-state index >= 15 is 0 Å². The van der Waals surface area contributed by atoms with Gasteiger partial charge >= 0.3 is 0 Å². The minimum atomic E-state index is -0.0854. The van der Waals surface area contributed by atoms with Gasteiger partial charge in [0.15, 0.2) is 5.89 Å². The molecule has 0 saturated carbocycles. The standard InChI is InChI=1S/C18H23BrN2O2/c1-12-15(23-17(21-12)18(2,3)4)9-6-10-20-16(22)13-7-5-8-14(19)11-13/h5,7-8,11H,6,9-10H2,1-4H3,(H,20,22). The summed E-state index contributed by atoms with van der Waals surface area (Å²) in [5.74, 6) is 1.62. The predicted molar refractivity (Wildman–Crippen MR) is 94.7 cm³/mol. The Morgan fingerprint density at radius 3 is 2.70 bits per heavy atom. The number of hydrogen-bond donors (Lipinski definition) is 1. The zero-order valence-corrected chi connectivity index (χ0v) is 15.7. The van der Waals surface area contributed by atoms with Gasteiger partial charge in [-0.05, 0) is 31.5 Å². The molecule has 23 heavy (non-hydrogen) atoms. The largest absolute Gasteiger partial charge is 0.445 e. The molecule has 2 aromatic rings. The summed E-state index contributed by atoms with van der Waals surface area (Å²) in [5.41, 5.74) is 1.51. The molecule has 0 bridgehead atoms. The minimum absolute atomic E-state index is 0.0593. The van der Waals surface area contributed by atoms with Crippen molar-refractivity contribution < 1.29 is 9.21 Å². The third-order valence-corrected chi connectivity index (χ3v) is 3.98. The van der Waals surface area contributed by atoms with Gasteiger partial charge in [0.2, 0.25) is 0 Å². The van der Waals surface area contributed by atoms with Gasteiger partial charge in [0.1, 0.15) is 5.76 Å². The maximum absolute atomic E-state index is 12.0. The number of rotatable bonds is 5. The zero-order valence-electron chi connectivity index (χ0n) is 14.1. The van der Waals surface area contributed by atoms with Gasteiger partial charge in [-0.15, -0.1) is 0 Å². The van der Waals surface area contributed by atoms with E-state index in [4.69, 9.17) is 4.42 Å². The van der Waals surface area contributed by atoms with Crippen LogP contribution in [0.1, 0.15) is 54.9 Å². The fourth-order valence-electron chi connectivity index (χ4n) is 2.16. The van der Waals surface area contributed by atoms with Crippen LogP contribution < -0.4 is 5.32 Å². The van der Waals surface area contributed by atoms with E-state index in [1.54, 1.807) is 6.07 Å². The average molecular weight is 379 g/mol. The van der Waals surface area contributed by atoms with Gasteiger partial charge in [-0.25, -0.2) is 4.98 Å². The van der Waals surface area contributed by atoms with Crippen LogP contribution in [-0.2, 0) is 11.8 Å². The van der Waals surface area contributed by atoms with Crippen molar-refractivity contribution >= 4 is 21.8 Å². The molecule has 1 aromatic carbocycles. The Hall–Kier alpha value is -1.62. The van der Waals surface area contributed by atoms with Crippen LogP contribution in [0.25, 0.3) is 0 Å². The van der Waals surface area contributed by atoms with Crippen LogP contribution in [-0.4, -0.2) is 17.4 Å². The number of benzene rings is 1. The molecular weight excluding hydrogens is 356 g/mol. The van der Waals surface area contributed by atoms with Crippen molar-refractivity contribution in [1.29, 1.82) is 0 Å². The molecular formula is C18H23BrN2O2. The SMILES string of the molecule is Cc1nc(C(C)(C)C)oc1CCCNC(=O)c1cccc(Br)c1. The summed E-state index contributed by atoms with van der Waals surface area (Å²) in [5, 5.41) is 2.93. The lowest BCUT2D eigenvalue weighted by molar-refractivity contribution is 0.0953. The maximum atomic E-state index is 12.0. The molecule has 0 fully saturated rings. The van der Waals surface area contributed by atoms with E-state index in [0.717, 1.165) is 34.7 Å². The highest BCUT2D eigenvalue weighted by Gasteiger charge is 2.22. The van der Waals surface area contributed by atoms with E-state index < -0.39 is 0 Å². The summed E-state index contributed by atoms with van der Waals surface area (Å²) in [7, 11) is 0. The Morgan fingerprint density at radius 2 is 2.09 bits per heavy atom. The molecule has 1 aromatic heterocycles. The van der Waals surface area contributed by atoms with Crippen molar-refractivity contribution in [3.63, 3.8) is 0 Å². The van der Waals surface area contributed by atoms with E-state index in [9.17, 15) is 4.79 Å². The summed E-state index contributed by atoms with van der Waals surface area (Å²) < 4.78 is 6.76. The summed E-state index contributed by atoms with van der Waals surface area (Å²) >= 11 is 3.37. The fraction of sp³-hybridized carbons (Fsp3) is 0.444. The smallest absolute Gasteiger partial charge is 0.251 e. The highest BCUT2D eigenvalue weighted by molar-refractivity contribution is 9.10. The Balaban J connectivity index is 1.84. The first kappa shape index (κ1) is 17.7. The van der Waals surface area contributed by atoms with Crippen molar-refractivity contribution in [3.05, 3.63) is 51.6 Å². The number of carbonyl (C=O) groups excluding carboxylic acids is 1. The number of aromatic nitrogens is 1. The molecule has 0 atom stereocenters. The number of halogens is 1. The first-order valence-electron chi connectivity index (χ1n) is 7.78. The molecule has 1 N–H and O–H groups in total. The number of nitrogens with one attached hydrogen (secondary N) is 1. The van der Waals surface area contributed by atoms with Crippen LogP contribution in [0.15, 0.2) is 33.2 Å². The number of carbonyl (C=O) groups is 1. The molecule has 0 aliphatic heterocycles. The van der Waals surface area contributed by atoms with Gasteiger partial charge in [0, 0.05) is 28.4 Å². The fourth-order valence-corrected chi connectivity index (χ4v) is 2.56. The predicted octanol–water partition coefficient (Wildman–Crippen LogP) is 4.41. The van der Waals surface area contributed by atoms with Crippen LogP contribution in [0, 0.1) is 6.92 Å². The Morgan fingerprint density at radius 1 is 1.35 bits per heavy atom. The number of hydrogen-bond acceptors (Lipinski definition) is 3. The lowest BCUT2D eigenvalue weighted by Crippen LogP contribution is -2.24. The van der Waals surface area contributed by atoms with Gasteiger partial charge in [-0.2, -0.15) is 0 Å².